The lowest BCUT2D eigenvalue weighted by Gasteiger charge is -2.16. The van der Waals surface area contributed by atoms with Crippen LogP contribution in [0.1, 0.15) is 17.9 Å². The number of oxazole rings is 1. The molecule has 2 aromatic carbocycles. The number of aliphatic imine (C=N–C) groups is 1. The maximum atomic E-state index is 13.9. The van der Waals surface area contributed by atoms with Gasteiger partial charge in [-0.15, -0.1) is 0 Å². The first-order chi connectivity index (χ1) is 14.5. The third-order valence-corrected chi connectivity index (χ3v) is 6.14. The Kier molecular flexibility index (Phi) is 6.20. The van der Waals surface area contributed by atoms with Gasteiger partial charge in [0.25, 0.3) is 0 Å². The number of hydrogen-bond donors (Lipinski definition) is 0. The summed E-state index contributed by atoms with van der Waals surface area (Å²) in [7, 11) is 0. The van der Waals surface area contributed by atoms with Crippen molar-refractivity contribution in [3.63, 3.8) is 0 Å². The van der Waals surface area contributed by atoms with Gasteiger partial charge in [-0.2, -0.15) is 0 Å². The fourth-order valence-electron chi connectivity index (χ4n) is 3.11. The van der Waals surface area contributed by atoms with Crippen LogP contribution >= 0.6 is 23.4 Å². The molecule has 1 saturated heterocycles. The molecule has 0 unspecified atom stereocenters. The predicted molar refractivity (Wildman–Crippen MR) is 118 cm³/mol. The smallest absolute Gasteiger partial charge is 0.229 e. The standard InChI is InChI=1S/C22H19ClFN3O2S/c1-14-16(23)6-4-8-18(14)26-22-27(11-12-30-22)21(28)10-9-20-25-13-19(29-20)15-5-2-3-7-17(15)24/h2-8,13H,9-12H2,1H3. The Morgan fingerprint density at radius 1 is 1.30 bits per heavy atom. The average molecular weight is 444 g/mol. The first-order valence-electron chi connectivity index (χ1n) is 9.49. The van der Waals surface area contributed by atoms with Gasteiger partial charge in [0.2, 0.25) is 5.91 Å². The molecular weight excluding hydrogens is 425 g/mol. The highest BCUT2D eigenvalue weighted by molar-refractivity contribution is 8.14. The molecule has 0 radical (unpaired) electrons. The molecule has 0 atom stereocenters. The van der Waals surface area contributed by atoms with Crippen molar-refractivity contribution in [2.24, 2.45) is 4.99 Å². The molecule has 1 aliphatic heterocycles. The van der Waals surface area contributed by atoms with Crippen LogP contribution in [0.2, 0.25) is 5.02 Å². The summed E-state index contributed by atoms with van der Waals surface area (Å²) in [5.41, 5.74) is 1.99. The summed E-state index contributed by atoms with van der Waals surface area (Å²) in [6, 6.07) is 11.9. The van der Waals surface area contributed by atoms with Gasteiger partial charge in [-0.3, -0.25) is 9.69 Å². The number of hydrogen-bond acceptors (Lipinski definition) is 5. The topological polar surface area (TPSA) is 58.7 Å². The number of aryl methyl sites for hydroxylation is 1. The van der Waals surface area contributed by atoms with E-state index < -0.39 is 0 Å². The minimum atomic E-state index is -0.373. The average Bonchev–Trinajstić information content (AvgIpc) is 3.40. The molecule has 3 aromatic rings. The second kappa shape index (κ2) is 9.02. The van der Waals surface area contributed by atoms with E-state index in [0.717, 1.165) is 17.0 Å². The number of thioether (sulfide) groups is 1. The Morgan fingerprint density at radius 3 is 2.97 bits per heavy atom. The van der Waals surface area contributed by atoms with Gasteiger partial charge in [0.15, 0.2) is 16.8 Å². The summed E-state index contributed by atoms with van der Waals surface area (Å²) in [4.78, 5) is 23.3. The van der Waals surface area contributed by atoms with Gasteiger partial charge >= 0.3 is 0 Å². The van der Waals surface area contributed by atoms with Crippen LogP contribution in [0.15, 0.2) is 58.1 Å². The Bertz CT molecular complexity index is 1120. The maximum absolute atomic E-state index is 13.9. The first-order valence-corrected chi connectivity index (χ1v) is 10.9. The molecule has 0 aliphatic carbocycles. The van der Waals surface area contributed by atoms with Crippen molar-refractivity contribution >= 4 is 40.1 Å². The van der Waals surface area contributed by atoms with E-state index in [1.54, 1.807) is 34.9 Å². The van der Waals surface area contributed by atoms with E-state index in [2.05, 4.69) is 9.98 Å². The van der Waals surface area contributed by atoms with Crippen LogP contribution in [0.3, 0.4) is 0 Å². The van der Waals surface area contributed by atoms with Crippen LogP contribution in [-0.4, -0.2) is 33.3 Å². The van der Waals surface area contributed by atoms with Gasteiger partial charge in [-0.25, -0.2) is 14.4 Å². The third kappa shape index (κ3) is 4.42. The molecular formula is C22H19ClFN3O2S. The highest BCUT2D eigenvalue weighted by Gasteiger charge is 2.26. The number of carbonyl (C=O) groups is 1. The molecule has 30 heavy (non-hydrogen) atoms. The number of amidine groups is 1. The van der Waals surface area contributed by atoms with E-state index in [-0.39, 0.29) is 18.1 Å². The van der Waals surface area contributed by atoms with E-state index in [0.29, 0.717) is 40.4 Å². The first kappa shape index (κ1) is 20.6. The lowest BCUT2D eigenvalue weighted by atomic mass is 10.2. The molecule has 1 aliphatic rings. The fraction of sp³-hybridized carbons (Fsp3) is 0.227. The molecule has 1 fully saturated rings. The molecule has 8 heteroatoms. The molecule has 154 valence electrons. The lowest BCUT2D eigenvalue weighted by molar-refractivity contribution is -0.126. The maximum Gasteiger partial charge on any atom is 0.229 e. The van der Waals surface area contributed by atoms with Crippen LogP contribution in [0.5, 0.6) is 0 Å². The number of benzene rings is 2. The minimum Gasteiger partial charge on any atom is -0.441 e. The van der Waals surface area contributed by atoms with Crippen LogP contribution in [-0.2, 0) is 11.2 Å². The molecule has 1 aromatic heterocycles. The molecule has 0 saturated carbocycles. The van der Waals surface area contributed by atoms with Crippen molar-refractivity contribution in [1.29, 1.82) is 0 Å². The lowest BCUT2D eigenvalue weighted by Crippen LogP contribution is -2.31. The van der Waals surface area contributed by atoms with Gasteiger partial charge < -0.3 is 4.42 Å². The number of amides is 1. The quantitative estimate of drug-likeness (QED) is 0.512. The fourth-order valence-corrected chi connectivity index (χ4v) is 4.24. The number of carbonyl (C=O) groups excluding carboxylic acids is 1. The molecule has 0 spiro atoms. The van der Waals surface area contributed by atoms with Gasteiger partial charge in [0.05, 0.1) is 17.4 Å². The number of nitrogens with zero attached hydrogens (tertiary/aromatic N) is 3. The Hall–Kier alpha value is -2.64. The zero-order valence-electron chi connectivity index (χ0n) is 16.3. The molecule has 0 bridgehead atoms. The van der Waals surface area contributed by atoms with E-state index in [1.165, 1.54) is 12.3 Å². The SMILES string of the molecule is Cc1c(Cl)cccc1N=C1SCCN1C(=O)CCc1ncc(-c2ccccc2F)o1. The zero-order valence-corrected chi connectivity index (χ0v) is 17.8. The van der Waals surface area contributed by atoms with Crippen molar-refractivity contribution in [2.75, 3.05) is 12.3 Å². The van der Waals surface area contributed by atoms with Gasteiger partial charge in [-0.05, 0) is 36.8 Å². The largest absolute Gasteiger partial charge is 0.441 e. The van der Waals surface area contributed by atoms with Crippen molar-refractivity contribution in [3.8, 4) is 11.3 Å². The number of aromatic nitrogens is 1. The Balaban J connectivity index is 1.43. The number of halogens is 2. The van der Waals surface area contributed by atoms with Gasteiger partial charge in [0, 0.05) is 30.2 Å². The second-order valence-electron chi connectivity index (χ2n) is 6.77. The molecule has 4 rings (SSSR count). The summed E-state index contributed by atoms with van der Waals surface area (Å²) >= 11 is 7.72. The third-order valence-electron chi connectivity index (χ3n) is 4.78. The van der Waals surface area contributed by atoms with Gasteiger partial charge in [-0.1, -0.05) is 41.6 Å². The molecule has 0 N–H and O–H groups in total. The minimum absolute atomic E-state index is 0.0518. The summed E-state index contributed by atoms with van der Waals surface area (Å²) in [6.45, 7) is 2.51. The normalized spacial score (nSPS) is 15.2. The monoisotopic (exact) mass is 443 g/mol. The van der Waals surface area contributed by atoms with Crippen LogP contribution < -0.4 is 0 Å². The Labute approximate surface area is 183 Å². The summed E-state index contributed by atoms with van der Waals surface area (Å²) in [5.74, 6) is 1.12. The highest BCUT2D eigenvalue weighted by Crippen LogP contribution is 2.29. The van der Waals surface area contributed by atoms with Crippen molar-refractivity contribution < 1.29 is 13.6 Å². The van der Waals surface area contributed by atoms with Crippen LogP contribution in [0.4, 0.5) is 10.1 Å². The van der Waals surface area contributed by atoms with Gasteiger partial charge in [0.1, 0.15) is 5.82 Å². The van der Waals surface area contributed by atoms with Crippen molar-refractivity contribution in [2.45, 2.75) is 19.8 Å². The summed E-state index contributed by atoms with van der Waals surface area (Å²) in [5, 5.41) is 1.32. The molecule has 2 heterocycles. The molecule has 1 amide bonds. The van der Waals surface area contributed by atoms with Crippen LogP contribution in [0.25, 0.3) is 11.3 Å². The summed E-state index contributed by atoms with van der Waals surface area (Å²) < 4.78 is 19.5. The summed E-state index contributed by atoms with van der Waals surface area (Å²) in [6.07, 6.45) is 2.04. The van der Waals surface area contributed by atoms with Crippen molar-refractivity contribution in [3.05, 3.63) is 71.0 Å². The predicted octanol–water partition coefficient (Wildman–Crippen LogP) is 5.64. The van der Waals surface area contributed by atoms with E-state index in [1.807, 2.05) is 25.1 Å². The van der Waals surface area contributed by atoms with E-state index in [9.17, 15) is 9.18 Å². The van der Waals surface area contributed by atoms with Crippen LogP contribution in [0, 0.1) is 12.7 Å². The van der Waals surface area contributed by atoms with E-state index in [4.69, 9.17) is 16.0 Å². The second-order valence-corrected chi connectivity index (χ2v) is 8.24. The molecule has 5 nitrogen and oxygen atoms in total. The zero-order chi connectivity index (χ0) is 21.1. The van der Waals surface area contributed by atoms with E-state index >= 15 is 0 Å². The number of rotatable bonds is 5. The highest BCUT2D eigenvalue weighted by atomic mass is 35.5. The van der Waals surface area contributed by atoms with Crippen molar-refractivity contribution in [1.82, 2.24) is 9.88 Å². The Morgan fingerprint density at radius 2 is 2.13 bits per heavy atom.